The lowest BCUT2D eigenvalue weighted by Gasteiger charge is -2.37. The molecule has 1 N–H and O–H groups in total. The second-order valence-corrected chi connectivity index (χ2v) is 11.3. The van der Waals surface area contributed by atoms with Crippen molar-refractivity contribution in [2.45, 2.75) is 57.3 Å². The van der Waals surface area contributed by atoms with E-state index in [0.29, 0.717) is 28.9 Å². The number of benzene rings is 1. The zero-order valence-electron chi connectivity index (χ0n) is 21.6. The Bertz CT molecular complexity index is 1580. The molecule has 2 fully saturated rings. The lowest BCUT2D eigenvalue weighted by atomic mass is 9.83. The second kappa shape index (κ2) is 10.8. The van der Waals surface area contributed by atoms with Gasteiger partial charge in [0.25, 0.3) is 11.2 Å². The van der Waals surface area contributed by atoms with Gasteiger partial charge in [-0.2, -0.15) is 5.10 Å². The topological polar surface area (TPSA) is 158 Å². The zero-order chi connectivity index (χ0) is 27.8. The third kappa shape index (κ3) is 4.98. The van der Waals surface area contributed by atoms with E-state index in [1.807, 2.05) is 0 Å². The third-order valence-electron chi connectivity index (χ3n) is 7.70. The number of aromatic nitrogens is 4. The number of nitro groups is 1. The maximum atomic E-state index is 13.2. The predicted molar refractivity (Wildman–Crippen MR) is 148 cm³/mol. The fourth-order valence-electron chi connectivity index (χ4n) is 5.70. The lowest BCUT2D eigenvalue weighted by molar-refractivity contribution is -0.384. The highest BCUT2D eigenvalue weighted by molar-refractivity contribution is 8.14. The number of non-ortho nitro benzene ring substituents is 1. The molecule has 4 heterocycles. The van der Waals surface area contributed by atoms with Crippen molar-refractivity contribution >= 4 is 45.5 Å². The van der Waals surface area contributed by atoms with Gasteiger partial charge in [-0.1, -0.05) is 36.7 Å². The van der Waals surface area contributed by atoms with Crippen LogP contribution in [0.5, 0.6) is 0 Å². The first kappa shape index (κ1) is 26.2. The molecule has 2 aliphatic heterocycles. The van der Waals surface area contributed by atoms with E-state index in [4.69, 9.17) is 4.99 Å². The molecule has 6 rings (SSSR count). The maximum Gasteiger partial charge on any atom is 0.269 e. The van der Waals surface area contributed by atoms with Gasteiger partial charge in [0.05, 0.1) is 42.2 Å². The Hall–Kier alpha value is -4.07. The summed E-state index contributed by atoms with van der Waals surface area (Å²) >= 11 is 1.56. The number of nitrogens with one attached hydrogen (secondary N) is 1. The Kier molecular flexibility index (Phi) is 7.09. The first-order valence-corrected chi connectivity index (χ1v) is 14.3. The van der Waals surface area contributed by atoms with E-state index in [-0.39, 0.29) is 60.6 Å². The van der Waals surface area contributed by atoms with Gasteiger partial charge in [-0.3, -0.25) is 39.0 Å². The number of rotatable bonds is 8. The summed E-state index contributed by atoms with van der Waals surface area (Å²) < 4.78 is 2.94. The van der Waals surface area contributed by atoms with Gasteiger partial charge in [-0.25, -0.2) is 9.67 Å². The van der Waals surface area contributed by atoms with Gasteiger partial charge in [0.15, 0.2) is 10.8 Å². The Balaban J connectivity index is 1.06. The Morgan fingerprint density at radius 1 is 1.23 bits per heavy atom. The standard InChI is InChI=1S/C26H28N8O5S/c35-22(11-18-14-40-26-30-21-7-2-1-6-19(21)25(37)33(18)26)27-8-9-32-23-20(12-29-32)24(36)31(15-28-23)13-16-4-3-5-17(10-16)34(38)39/h3-5,10,12,15,18-19,21H,1-2,6-9,11,13-14H2,(H,27,35). The van der Waals surface area contributed by atoms with Gasteiger partial charge >= 0.3 is 0 Å². The summed E-state index contributed by atoms with van der Waals surface area (Å²) in [5.74, 6) is 0.559. The molecule has 0 radical (unpaired) electrons. The number of amidine groups is 1. The first-order valence-electron chi connectivity index (χ1n) is 13.3. The SMILES string of the molecule is O=C(CC1CSC2=NC3CCCCC3C(=O)N21)NCCn1ncc2c(=O)n(Cc3cccc([N+](=O)[O-])c3)cnc21. The van der Waals surface area contributed by atoms with Crippen LogP contribution in [0.1, 0.15) is 37.7 Å². The normalized spacial score (nSPS) is 22.1. The van der Waals surface area contributed by atoms with Crippen LogP contribution in [0.15, 0.2) is 46.6 Å². The lowest BCUT2D eigenvalue weighted by Crippen LogP contribution is -2.51. The summed E-state index contributed by atoms with van der Waals surface area (Å²) in [5, 5.41) is 19.3. The number of nitro benzene ring substituents is 1. The predicted octanol–water partition coefficient (Wildman–Crippen LogP) is 1.93. The third-order valence-corrected chi connectivity index (χ3v) is 8.81. The summed E-state index contributed by atoms with van der Waals surface area (Å²) in [6, 6.07) is 6.00. The second-order valence-electron chi connectivity index (χ2n) is 10.3. The zero-order valence-corrected chi connectivity index (χ0v) is 22.5. The van der Waals surface area contributed by atoms with E-state index in [2.05, 4.69) is 15.4 Å². The minimum atomic E-state index is -0.479. The van der Waals surface area contributed by atoms with Crippen molar-refractivity contribution in [1.82, 2.24) is 29.5 Å². The molecular weight excluding hydrogens is 536 g/mol. The monoisotopic (exact) mass is 564 g/mol. The number of nitrogens with zero attached hydrogens (tertiary/aromatic N) is 7. The molecule has 0 bridgehead atoms. The van der Waals surface area contributed by atoms with Gasteiger partial charge in [0.2, 0.25) is 11.8 Å². The molecule has 3 aliphatic rings. The van der Waals surface area contributed by atoms with Crippen LogP contribution in [0.2, 0.25) is 0 Å². The van der Waals surface area contributed by atoms with Crippen molar-refractivity contribution in [1.29, 1.82) is 0 Å². The summed E-state index contributed by atoms with van der Waals surface area (Å²) in [6.07, 6.45) is 7.02. The average Bonchev–Trinajstić information content (AvgIpc) is 3.55. The molecule has 13 nitrogen and oxygen atoms in total. The minimum absolute atomic E-state index is 0.0462. The van der Waals surface area contributed by atoms with Crippen molar-refractivity contribution in [2.24, 2.45) is 10.9 Å². The molecule has 1 saturated carbocycles. The molecule has 0 spiro atoms. The van der Waals surface area contributed by atoms with Crippen LogP contribution in [-0.4, -0.2) is 70.5 Å². The molecule has 208 valence electrons. The van der Waals surface area contributed by atoms with Crippen molar-refractivity contribution in [3.63, 3.8) is 0 Å². The molecule has 1 aliphatic carbocycles. The van der Waals surface area contributed by atoms with Crippen molar-refractivity contribution in [3.05, 3.63) is 62.8 Å². The van der Waals surface area contributed by atoms with E-state index in [0.717, 1.165) is 30.9 Å². The smallest absolute Gasteiger partial charge is 0.269 e. The number of fused-ring (bicyclic) bond motifs is 3. The quantitative estimate of drug-likeness (QED) is 0.321. The van der Waals surface area contributed by atoms with Gasteiger partial charge in [0, 0.05) is 30.9 Å². The number of carbonyl (C=O) groups excluding carboxylic acids is 2. The summed E-state index contributed by atoms with van der Waals surface area (Å²) in [4.78, 5) is 60.4. The van der Waals surface area contributed by atoms with Crippen molar-refractivity contribution in [2.75, 3.05) is 12.3 Å². The molecule has 14 heteroatoms. The van der Waals surface area contributed by atoms with Crippen LogP contribution in [0, 0.1) is 16.0 Å². The highest BCUT2D eigenvalue weighted by Crippen LogP contribution is 2.38. The van der Waals surface area contributed by atoms with Crippen LogP contribution in [0.3, 0.4) is 0 Å². The largest absolute Gasteiger partial charge is 0.354 e. The van der Waals surface area contributed by atoms with Gasteiger partial charge in [0.1, 0.15) is 11.7 Å². The van der Waals surface area contributed by atoms with E-state index in [1.165, 1.54) is 29.2 Å². The van der Waals surface area contributed by atoms with Gasteiger partial charge < -0.3 is 5.32 Å². The Labute approximate surface area is 232 Å². The summed E-state index contributed by atoms with van der Waals surface area (Å²) in [6.45, 7) is 0.736. The number of carbonyl (C=O) groups is 2. The number of aliphatic imine (C=N–C) groups is 1. The van der Waals surface area contributed by atoms with E-state index >= 15 is 0 Å². The van der Waals surface area contributed by atoms with Crippen LogP contribution < -0.4 is 10.9 Å². The Morgan fingerprint density at radius 3 is 2.92 bits per heavy atom. The molecule has 3 unspecified atom stereocenters. The van der Waals surface area contributed by atoms with Crippen LogP contribution in [0.4, 0.5) is 5.69 Å². The van der Waals surface area contributed by atoms with Gasteiger partial charge in [-0.15, -0.1) is 0 Å². The molecule has 2 amide bonds. The maximum absolute atomic E-state index is 13.2. The molecule has 40 heavy (non-hydrogen) atoms. The van der Waals surface area contributed by atoms with Crippen LogP contribution in [-0.2, 0) is 22.7 Å². The van der Waals surface area contributed by atoms with Crippen LogP contribution in [0.25, 0.3) is 11.0 Å². The molecule has 2 aromatic heterocycles. The number of thioether (sulfide) groups is 1. The molecule has 3 aromatic rings. The molecule has 3 atom stereocenters. The number of hydrogen-bond donors (Lipinski definition) is 1. The van der Waals surface area contributed by atoms with E-state index in [9.17, 15) is 24.5 Å². The summed E-state index contributed by atoms with van der Waals surface area (Å²) in [5.41, 5.74) is 0.643. The molecular formula is C26H28N8O5S. The highest BCUT2D eigenvalue weighted by Gasteiger charge is 2.45. The molecule has 1 saturated heterocycles. The highest BCUT2D eigenvalue weighted by atomic mass is 32.2. The number of amides is 2. The molecule has 1 aromatic carbocycles. The minimum Gasteiger partial charge on any atom is -0.354 e. The van der Waals surface area contributed by atoms with Crippen molar-refractivity contribution < 1.29 is 14.5 Å². The van der Waals surface area contributed by atoms with Gasteiger partial charge in [-0.05, 0) is 18.4 Å². The first-order chi connectivity index (χ1) is 19.4. The van der Waals surface area contributed by atoms with Crippen molar-refractivity contribution in [3.8, 4) is 0 Å². The Morgan fingerprint density at radius 2 is 2.08 bits per heavy atom. The fourth-order valence-corrected chi connectivity index (χ4v) is 6.89. The van der Waals surface area contributed by atoms with E-state index < -0.39 is 4.92 Å². The average molecular weight is 565 g/mol. The fraction of sp³-hybridized carbons (Fsp3) is 0.462. The number of hydrogen-bond acceptors (Lipinski definition) is 9. The van der Waals surface area contributed by atoms with E-state index in [1.54, 1.807) is 33.5 Å². The summed E-state index contributed by atoms with van der Waals surface area (Å²) in [7, 11) is 0. The van der Waals surface area contributed by atoms with Crippen LogP contribution >= 0.6 is 11.8 Å².